The smallest absolute Gasteiger partial charge is 0.166 e. The molecule has 5 aromatic rings. The summed E-state index contributed by atoms with van der Waals surface area (Å²) in [6, 6.07) is 30.6. The average molecular weight is 439 g/mol. The topological polar surface area (TPSA) is 42.2 Å². The Hall–Kier alpha value is -3.63. The first-order valence-corrected chi connectivity index (χ1v) is 11.0. The van der Waals surface area contributed by atoms with Gasteiger partial charge in [0.15, 0.2) is 5.65 Å². The minimum atomic E-state index is 0.105. The fourth-order valence-corrected chi connectivity index (χ4v) is 4.11. The largest absolute Gasteiger partial charge is 0.363 e. The maximum atomic E-state index is 6.13. The molecule has 0 aliphatic carbocycles. The number of fused-ring (bicyclic) bond motifs is 1. The first-order valence-electron chi connectivity index (χ1n) is 10.6. The first-order chi connectivity index (χ1) is 15.6. The van der Waals surface area contributed by atoms with Crippen LogP contribution in [0.1, 0.15) is 24.2 Å². The van der Waals surface area contributed by atoms with Crippen molar-refractivity contribution < 1.29 is 0 Å². The zero-order valence-electron chi connectivity index (χ0n) is 18.0. The number of rotatable bonds is 5. The van der Waals surface area contributed by atoms with E-state index in [1.807, 2.05) is 60.0 Å². The molecule has 0 aliphatic rings. The summed E-state index contributed by atoms with van der Waals surface area (Å²) in [6.07, 6.45) is 0. The predicted octanol–water partition coefficient (Wildman–Crippen LogP) is 7.20. The van der Waals surface area contributed by atoms with Crippen molar-refractivity contribution in [3.63, 3.8) is 0 Å². The molecule has 1 unspecified atom stereocenters. The minimum absolute atomic E-state index is 0.105. The van der Waals surface area contributed by atoms with E-state index in [1.165, 1.54) is 5.56 Å². The SMILES string of the molecule is Cc1nn2c(NC(C)c3ccccc3)cc(-c3ccccc3)nc2c1-c1ccc(Cl)cc1. The number of hydrogen-bond donors (Lipinski definition) is 1. The molecule has 0 radical (unpaired) electrons. The lowest BCUT2D eigenvalue weighted by Crippen LogP contribution is -2.11. The van der Waals surface area contributed by atoms with E-state index in [9.17, 15) is 0 Å². The monoisotopic (exact) mass is 438 g/mol. The van der Waals surface area contributed by atoms with Gasteiger partial charge in [-0.2, -0.15) is 9.61 Å². The van der Waals surface area contributed by atoms with E-state index >= 15 is 0 Å². The van der Waals surface area contributed by atoms with E-state index in [1.54, 1.807) is 0 Å². The van der Waals surface area contributed by atoms with Crippen LogP contribution in [0.4, 0.5) is 5.82 Å². The molecule has 5 heteroatoms. The molecule has 2 heterocycles. The van der Waals surface area contributed by atoms with Crippen molar-refractivity contribution >= 4 is 23.1 Å². The molecule has 0 bridgehead atoms. The Labute approximate surface area is 192 Å². The van der Waals surface area contributed by atoms with Crippen LogP contribution >= 0.6 is 11.6 Å². The molecule has 3 aromatic carbocycles. The summed E-state index contributed by atoms with van der Waals surface area (Å²) >= 11 is 6.13. The zero-order chi connectivity index (χ0) is 22.1. The van der Waals surface area contributed by atoms with Gasteiger partial charge in [0.2, 0.25) is 0 Å². The standard InChI is InChI=1S/C27H23ClN4/c1-18(20-9-5-3-6-10-20)29-25-17-24(21-11-7-4-8-12-21)30-27-26(19(2)31-32(25)27)22-13-15-23(28)16-14-22/h3-18,29H,1-2H3. The van der Waals surface area contributed by atoms with Gasteiger partial charge in [0.25, 0.3) is 0 Å². The predicted molar refractivity (Wildman–Crippen MR) is 132 cm³/mol. The molecule has 1 N–H and O–H groups in total. The van der Waals surface area contributed by atoms with Crippen molar-refractivity contribution in [3.05, 3.63) is 107 Å². The number of halogens is 1. The van der Waals surface area contributed by atoms with Crippen molar-refractivity contribution in [3.8, 4) is 22.4 Å². The van der Waals surface area contributed by atoms with Gasteiger partial charge in [-0.15, -0.1) is 0 Å². The number of hydrogen-bond acceptors (Lipinski definition) is 3. The van der Waals surface area contributed by atoms with Gasteiger partial charge in [0.1, 0.15) is 5.82 Å². The van der Waals surface area contributed by atoms with Gasteiger partial charge in [-0.1, -0.05) is 84.4 Å². The van der Waals surface area contributed by atoms with Crippen LogP contribution < -0.4 is 5.32 Å². The Balaban J connectivity index is 1.70. The van der Waals surface area contributed by atoms with E-state index in [-0.39, 0.29) is 6.04 Å². The minimum Gasteiger partial charge on any atom is -0.363 e. The molecule has 0 saturated heterocycles. The third-order valence-electron chi connectivity index (χ3n) is 5.63. The maximum absolute atomic E-state index is 6.13. The number of anilines is 1. The lowest BCUT2D eigenvalue weighted by molar-refractivity contribution is 0.836. The maximum Gasteiger partial charge on any atom is 0.166 e. The van der Waals surface area contributed by atoms with Crippen LogP contribution in [0.25, 0.3) is 28.0 Å². The number of benzene rings is 3. The third-order valence-corrected chi connectivity index (χ3v) is 5.88. The van der Waals surface area contributed by atoms with Gasteiger partial charge >= 0.3 is 0 Å². The molecule has 2 aromatic heterocycles. The van der Waals surface area contributed by atoms with Crippen LogP contribution in [0, 0.1) is 6.92 Å². The van der Waals surface area contributed by atoms with Gasteiger partial charge < -0.3 is 5.32 Å². The van der Waals surface area contributed by atoms with E-state index in [0.717, 1.165) is 39.5 Å². The molecule has 5 rings (SSSR count). The van der Waals surface area contributed by atoms with Gasteiger partial charge in [-0.3, -0.25) is 0 Å². The number of aryl methyl sites for hydroxylation is 1. The van der Waals surface area contributed by atoms with Crippen LogP contribution in [-0.4, -0.2) is 14.6 Å². The highest BCUT2D eigenvalue weighted by Gasteiger charge is 2.18. The van der Waals surface area contributed by atoms with Crippen LogP contribution in [0.15, 0.2) is 91.0 Å². The summed E-state index contributed by atoms with van der Waals surface area (Å²) in [4.78, 5) is 5.03. The van der Waals surface area contributed by atoms with Gasteiger partial charge in [-0.05, 0) is 37.1 Å². The number of nitrogens with zero attached hydrogens (tertiary/aromatic N) is 3. The molecular weight excluding hydrogens is 416 g/mol. The number of aromatic nitrogens is 3. The first kappa shape index (κ1) is 20.3. The van der Waals surface area contributed by atoms with Crippen LogP contribution in [0.3, 0.4) is 0 Å². The summed E-state index contributed by atoms with van der Waals surface area (Å²) < 4.78 is 1.91. The van der Waals surface area contributed by atoms with E-state index in [0.29, 0.717) is 5.02 Å². The van der Waals surface area contributed by atoms with E-state index < -0.39 is 0 Å². The van der Waals surface area contributed by atoms with Crippen molar-refractivity contribution in [1.82, 2.24) is 14.6 Å². The highest BCUT2D eigenvalue weighted by atomic mass is 35.5. The van der Waals surface area contributed by atoms with E-state index in [4.69, 9.17) is 21.7 Å². The van der Waals surface area contributed by atoms with Crippen LogP contribution in [0.2, 0.25) is 5.02 Å². The van der Waals surface area contributed by atoms with E-state index in [2.05, 4.69) is 54.7 Å². The Kier molecular flexibility index (Phi) is 5.38. The Bertz CT molecular complexity index is 1360. The molecule has 0 spiro atoms. The van der Waals surface area contributed by atoms with Crippen molar-refractivity contribution in [2.24, 2.45) is 0 Å². The molecule has 0 saturated carbocycles. The highest BCUT2D eigenvalue weighted by molar-refractivity contribution is 6.30. The summed E-state index contributed by atoms with van der Waals surface area (Å²) in [7, 11) is 0. The molecule has 158 valence electrons. The Morgan fingerprint density at radius 1 is 0.844 bits per heavy atom. The lowest BCUT2D eigenvalue weighted by Gasteiger charge is -2.17. The van der Waals surface area contributed by atoms with Crippen molar-refractivity contribution in [2.45, 2.75) is 19.9 Å². The van der Waals surface area contributed by atoms with Crippen LogP contribution in [-0.2, 0) is 0 Å². The second-order valence-electron chi connectivity index (χ2n) is 7.87. The summed E-state index contributed by atoms with van der Waals surface area (Å²) in [6.45, 7) is 4.17. The Morgan fingerprint density at radius 3 is 2.19 bits per heavy atom. The molecule has 0 fully saturated rings. The molecule has 0 amide bonds. The summed E-state index contributed by atoms with van der Waals surface area (Å²) in [5.74, 6) is 0.897. The molecule has 1 atom stereocenters. The highest BCUT2D eigenvalue weighted by Crippen LogP contribution is 2.33. The summed E-state index contributed by atoms with van der Waals surface area (Å²) in [5, 5.41) is 9.21. The Morgan fingerprint density at radius 2 is 1.50 bits per heavy atom. The van der Waals surface area contributed by atoms with Crippen molar-refractivity contribution in [2.75, 3.05) is 5.32 Å². The average Bonchev–Trinajstić information content (AvgIpc) is 3.17. The molecular formula is C27H23ClN4. The van der Waals surface area contributed by atoms with Gasteiger partial charge in [-0.25, -0.2) is 4.98 Å². The fraction of sp³-hybridized carbons (Fsp3) is 0.111. The van der Waals surface area contributed by atoms with Gasteiger partial charge in [0, 0.05) is 28.3 Å². The second kappa shape index (κ2) is 8.48. The quantitative estimate of drug-likeness (QED) is 0.315. The summed E-state index contributed by atoms with van der Waals surface area (Å²) in [5.41, 5.74) is 6.95. The molecule has 0 aliphatic heterocycles. The van der Waals surface area contributed by atoms with Crippen LogP contribution in [0.5, 0.6) is 0 Å². The molecule has 4 nitrogen and oxygen atoms in total. The molecule has 32 heavy (non-hydrogen) atoms. The lowest BCUT2D eigenvalue weighted by atomic mass is 10.1. The normalized spacial score (nSPS) is 12.1. The fourth-order valence-electron chi connectivity index (χ4n) is 3.98. The number of nitrogens with one attached hydrogen (secondary N) is 1. The third kappa shape index (κ3) is 3.85. The zero-order valence-corrected chi connectivity index (χ0v) is 18.7. The second-order valence-corrected chi connectivity index (χ2v) is 8.31. The van der Waals surface area contributed by atoms with Gasteiger partial charge in [0.05, 0.1) is 11.4 Å². The van der Waals surface area contributed by atoms with Crippen molar-refractivity contribution in [1.29, 1.82) is 0 Å².